The zero-order valence-electron chi connectivity index (χ0n) is 17.8. The summed E-state index contributed by atoms with van der Waals surface area (Å²) in [6, 6.07) is 10.5. The number of rotatable bonds is 9. The van der Waals surface area contributed by atoms with Crippen LogP contribution in [0.15, 0.2) is 42.6 Å². The maximum atomic E-state index is 12.4. The molecule has 1 saturated carbocycles. The molecule has 1 amide bonds. The van der Waals surface area contributed by atoms with Crippen molar-refractivity contribution >= 4 is 34.2 Å². The number of pyridine rings is 1. The van der Waals surface area contributed by atoms with Crippen molar-refractivity contribution in [1.29, 1.82) is 0 Å². The molecule has 0 unspecified atom stereocenters. The van der Waals surface area contributed by atoms with E-state index >= 15 is 0 Å². The van der Waals surface area contributed by atoms with Crippen LogP contribution < -0.4 is 10.1 Å². The van der Waals surface area contributed by atoms with Crippen molar-refractivity contribution in [2.45, 2.75) is 32.6 Å². The van der Waals surface area contributed by atoms with Gasteiger partial charge >= 0.3 is 0 Å². The Labute approximate surface area is 190 Å². The lowest BCUT2D eigenvalue weighted by molar-refractivity contribution is -0.118. The summed E-state index contributed by atoms with van der Waals surface area (Å²) in [5, 5.41) is 3.68. The van der Waals surface area contributed by atoms with E-state index in [9.17, 15) is 14.0 Å². The summed E-state index contributed by atoms with van der Waals surface area (Å²) in [5.74, 6) is 1.45. The lowest BCUT2D eigenvalue weighted by Crippen LogP contribution is -2.26. The van der Waals surface area contributed by atoms with Gasteiger partial charge in [0.25, 0.3) is 5.91 Å². The van der Waals surface area contributed by atoms with Crippen LogP contribution in [0.1, 0.15) is 40.7 Å². The summed E-state index contributed by atoms with van der Waals surface area (Å²) in [7, 11) is 0. The van der Waals surface area contributed by atoms with Crippen LogP contribution >= 0.6 is 11.6 Å². The first-order valence-electron chi connectivity index (χ1n) is 10.7. The van der Waals surface area contributed by atoms with E-state index in [1.54, 1.807) is 36.5 Å². The molecule has 1 aliphatic carbocycles. The second-order valence-corrected chi connectivity index (χ2v) is 8.56. The normalized spacial score (nSPS) is 13.2. The molecule has 0 atom stereocenters. The predicted molar refractivity (Wildman–Crippen MR) is 122 cm³/mol. The molecule has 4 rings (SSSR count). The molecule has 0 bridgehead atoms. The maximum absolute atomic E-state index is 12.4. The number of Topliss-reactive ketones (excluding diaryl/α,β-unsaturated/α-hetero) is 1. The molecular formula is C25H24ClFN2O3. The minimum Gasteiger partial charge on any atom is -0.457 e. The Morgan fingerprint density at radius 1 is 1.22 bits per heavy atom. The molecule has 5 nitrogen and oxygen atoms in total. The number of benzene rings is 2. The fourth-order valence-electron chi connectivity index (χ4n) is 3.65. The van der Waals surface area contributed by atoms with Crippen molar-refractivity contribution in [2.24, 2.45) is 5.92 Å². The number of alkyl halides is 1. The van der Waals surface area contributed by atoms with Crippen LogP contribution in [0.25, 0.3) is 10.9 Å². The molecule has 166 valence electrons. The lowest BCUT2D eigenvalue weighted by atomic mass is 10.0. The molecule has 0 radical (unpaired) electrons. The summed E-state index contributed by atoms with van der Waals surface area (Å²) in [6.45, 7) is 1.14. The fraction of sp³-hybridized carbons (Fsp3) is 0.320. The highest BCUT2D eigenvalue weighted by molar-refractivity contribution is 6.31. The maximum Gasteiger partial charge on any atom is 0.251 e. The van der Waals surface area contributed by atoms with Gasteiger partial charge in [0.15, 0.2) is 0 Å². The third kappa shape index (κ3) is 5.25. The SMILES string of the molecule is Cc1cc2nccc(Oc3ccc(CC(=O)CC4CC4)c(Cl)c3)c2cc1C(=O)NCCF. The Hall–Kier alpha value is -2.99. The van der Waals surface area contributed by atoms with Crippen LogP contribution in [0.3, 0.4) is 0 Å². The van der Waals surface area contributed by atoms with Crippen molar-refractivity contribution in [1.82, 2.24) is 10.3 Å². The number of aromatic nitrogens is 1. The quantitative estimate of drug-likeness (QED) is 0.457. The summed E-state index contributed by atoms with van der Waals surface area (Å²) >= 11 is 6.42. The van der Waals surface area contributed by atoms with Crippen LogP contribution in [-0.4, -0.2) is 29.9 Å². The Balaban J connectivity index is 1.57. The summed E-state index contributed by atoms with van der Waals surface area (Å²) in [5.41, 5.74) is 2.63. The Morgan fingerprint density at radius 3 is 2.75 bits per heavy atom. The molecule has 0 spiro atoms. The number of hydrogen-bond acceptors (Lipinski definition) is 4. The smallest absolute Gasteiger partial charge is 0.251 e. The number of ketones is 1. The van der Waals surface area contributed by atoms with Gasteiger partial charge in [-0.25, -0.2) is 4.39 Å². The van der Waals surface area contributed by atoms with E-state index in [0.29, 0.717) is 51.7 Å². The number of carbonyl (C=O) groups excluding carboxylic acids is 2. The Morgan fingerprint density at radius 2 is 2.03 bits per heavy atom. The number of nitrogens with zero attached hydrogens (tertiary/aromatic N) is 1. The first-order valence-corrected chi connectivity index (χ1v) is 11.0. The fourth-order valence-corrected chi connectivity index (χ4v) is 3.89. The number of nitrogens with one attached hydrogen (secondary N) is 1. The Kier molecular flexibility index (Phi) is 6.70. The van der Waals surface area contributed by atoms with Gasteiger partial charge in [-0.1, -0.05) is 17.7 Å². The summed E-state index contributed by atoms with van der Waals surface area (Å²) in [4.78, 5) is 28.9. The average Bonchev–Trinajstić information content (AvgIpc) is 3.57. The van der Waals surface area contributed by atoms with E-state index < -0.39 is 6.67 Å². The van der Waals surface area contributed by atoms with Crippen molar-refractivity contribution in [2.75, 3.05) is 13.2 Å². The van der Waals surface area contributed by atoms with Crippen molar-refractivity contribution in [3.05, 3.63) is 64.3 Å². The average molecular weight is 455 g/mol. The zero-order chi connectivity index (χ0) is 22.7. The standard InChI is InChI=1S/C25H24ClFN2O3/c1-15-10-23-21(14-20(15)25(31)29-9-7-27)24(6-8-28-23)32-19-5-4-17(22(26)13-19)12-18(30)11-16-2-3-16/h4-6,8,10,13-14,16H,2-3,7,9,11-12H2,1H3,(H,29,31). The minimum atomic E-state index is -0.628. The molecule has 1 fully saturated rings. The molecule has 32 heavy (non-hydrogen) atoms. The van der Waals surface area contributed by atoms with Crippen molar-refractivity contribution < 1.29 is 18.7 Å². The van der Waals surface area contributed by atoms with E-state index in [1.165, 1.54) is 0 Å². The molecule has 1 heterocycles. The second-order valence-electron chi connectivity index (χ2n) is 8.16. The van der Waals surface area contributed by atoms with Gasteiger partial charge in [0.2, 0.25) is 0 Å². The molecule has 7 heteroatoms. The van der Waals surface area contributed by atoms with Gasteiger partial charge in [-0.15, -0.1) is 0 Å². The highest BCUT2D eigenvalue weighted by Crippen LogP contribution is 2.35. The highest BCUT2D eigenvalue weighted by Gasteiger charge is 2.24. The number of carbonyl (C=O) groups is 2. The van der Waals surface area contributed by atoms with E-state index in [1.807, 2.05) is 13.0 Å². The number of amides is 1. The number of ether oxygens (including phenoxy) is 1. The largest absolute Gasteiger partial charge is 0.457 e. The molecule has 2 aromatic carbocycles. The van der Waals surface area contributed by atoms with Gasteiger partial charge < -0.3 is 10.1 Å². The van der Waals surface area contributed by atoms with E-state index in [2.05, 4.69) is 10.3 Å². The molecule has 1 aliphatic rings. The van der Waals surface area contributed by atoms with Crippen molar-refractivity contribution in [3.8, 4) is 11.5 Å². The van der Waals surface area contributed by atoms with E-state index in [4.69, 9.17) is 16.3 Å². The van der Waals surface area contributed by atoms with Crippen LogP contribution in [-0.2, 0) is 11.2 Å². The molecule has 1 N–H and O–H groups in total. The van der Waals surface area contributed by atoms with Gasteiger partial charge in [-0.3, -0.25) is 14.6 Å². The number of aryl methyl sites for hydroxylation is 1. The zero-order valence-corrected chi connectivity index (χ0v) is 18.5. The van der Waals surface area contributed by atoms with Gasteiger partial charge in [-0.2, -0.15) is 0 Å². The molecule has 1 aromatic heterocycles. The first-order chi connectivity index (χ1) is 15.4. The minimum absolute atomic E-state index is 0.0410. The van der Waals surface area contributed by atoms with Gasteiger partial charge in [0, 0.05) is 41.6 Å². The predicted octanol–water partition coefficient (Wildman–Crippen LogP) is 5.60. The number of hydrogen-bond donors (Lipinski definition) is 1. The van der Waals surface area contributed by atoms with Crippen LogP contribution in [0, 0.1) is 12.8 Å². The lowest BCUT2D eigenvalue weighted by Gasteiger charge is -2.13. The Bertz CT molecular complexity index is 1180. The topological polar surface area (TPSA) is 68.3 Å². The van der Waals surface area contributed by atoms with E-state index in [-0.39, 0.29) is 18.2 Å². The first kappa shape index (κ1) is 22.2. The van der Waals surface area contributed by atoms with Gasteiger partial charge in [-0.05, 0) is 67.1 Å². The third-order valence-electron chi connectivity index (χ3n) is 5.53. The summed E-state index contributed by atoms with van der Waals surface area (Å²) in [6.07, 6.45) is 4.87. The molecule has 0 saturated heterocycles. The van der Waals surface area contributed by atoms with Gasteiger partial charge in [0.05, 0.1) is 5.52 Å². The number of fused-ring (bicyclic) bond motifs is 1. The monoisotopic (exact) mass is 454 g/mol. The third-order valence-corrected chi connectivity index (χ3v) is 5.88. The highest BCUT2D eigenvalue weighted by atomic mass is 35.5. The van der Waals surface area contributed by atoms with Crippen LogP contribution in [0.4, 0.5) is 4.39 Å². The molecule has 3 aromatic rings. The van der Waals surface area contributed by atoms with Crippen LogP contribution in [0.5, 0.6) is 11.5 Å². The number of halogens is 2. The molecule has 0 aliphatic heterocycles. The molecular weight excluding hydrogens is 431 g/mol. The van der Waals surface area contributed by atoms with Gasteiger partial charge in [0.1, 0.15) is 24.0 Å². The van der Waals surface area contributed by atoms with Crippen LogP contribution in [0.2, 0.25) is 5.02 Å². The van der Waals surface area contributed by atoms with E-state index in [0.717, 1.165) is 24.0 Å². The second kappa shape index (κ2) is 9.65. The summed E-state index contributed by atoms with van der Waals surface area (Å²) < 4.78 is 18.5. The van der Waals surface area contributed by atoms with Crippen molar-refractivity contribution in [3.63, 3.8) is 0 Å².